The lowest BCUT2D eigenvalue weighted by Crippen LogP contribution is -2.24. The molecule has 2 heterocycles. The van der Waals surface area contributed by atoms with Crippen molar-refractivity contribution in [2.75, 3.05) is 11.4 Å². The topological polar surface area (TPSA) is 29.0 Å². The largest absolute Gasteiger partial charge is 0.351 e. The van der Waals surface area contributed by atoms with E-state index in [1.807, 2.05) is 24.4 Å². The van der Waals surface area contributed by atoms with Crippen LogP contribution in [-0.4, -0.2) is 16.5 Å². The number of aromatic nitrogens is 2. The molecule has 112 valence electrons. The van der Waals surface area contributed by atoms with Gasteiger partial charge in [0.1, 0.15) is 5.82 Å². The van der Waals surface area contributed by atoms with Gasteiger partial charge in [-0.05, 0) is 43.2 Å². The summed E-state index contributed by atoms with van der Waals surface area (Å²) in [5.41, 5.74) is 3.30. The Morgan fingerprint density at radius 1 is 1.14 bits per heavy atom. The zero-order chi connectivity index (χ0) is 15.1. The van der Waals surface area contributed by atoms with E-state index < -0.39 is 0 Å². The maximum atomic E-state index is 6.02. The van der Waals surface area contributed by atoms with Crippen molar-refractivity contribution in [1.82, 2.24) is 9.97 Å². The van der Waals surface area contributed by atoms with Crippen molar-refractivity contribution in [2.45, 2.75) is 39.1 Å². The summed E-state index contributed by atoms with van der Waals surface area (Å²) in [5, 5.41) is 0. The van der Waals surface area contributed by atoms with Crippen LogP contribution in [0.5, 0.6) is 0 Å². The molecule has 0 aliphatic rings. The number of pyridine rings is 2. The normalized spacial score (nSPS) is 10.6. The molecule has 0 saturated heterocycles. The van der Waals surface area contributed by atoms with Crippen molar-refractivity contribution in [1.29, 1.82) is 0 Å². The van der Waals surface area contributed by atoms with Gasteiger partial charge in [-0.15, -0.1) is 11.6 Å². The summed E-state index contributed by atoms with van der Waals surface area (Å²) in [6.07, 6.45) is 3.90. The second-order valence-corrected chi connectivity index (χ2v) is 5.31. The smallest absolute Gasteiger partial charge is 0.129 e. The molecule has 2 aromatic heterocycles. The standard InChI is InChI=1S/C17H22ClN3/c1-3-7-15-10-14(12-18)11-17(20-15)21(4-2)13-16-8-5-6-9-19-16/h5-6,8-11H,3-4,7,12-13H2,1-2H3. The zero-order valence-corrected chi connectivity index (χ0v) is 13.5. The summed E-state index contributed by atoms with van der Waals surface area (Å²) in [7, 11) is 0. The highest BCUT2D eigenvalue weighted by Gasteiger charge is 2.10. The van der Waals surface area contributed by atoms with Gasteiger partial charge in [-0.1, -0.05) is 19.4 Å². The van der Waals surface area contributed by atoms with Crippen LogP contribution in [0.2, 0.25) is 0 Å². The molecule has 21 heavy (non-hydrogen) atoms. The molecule has 0 aliphatic heterocycles. The maximum Gasteiger partial charge on any atom is 0.129 e. The molecular weight excluding hydrogens is 282 g/mol. The number of anilines is 1. The SMILES string of the molecule is CCCc1cc(CCl)cc(N(CC)Cc2ccccn2)n1. The Morgan fingerprint density at radius 3 is 2.62 bits per heavy atom. The van der Waals surface area contributed by atoms with E-state index >= 15 is 0 Å². The number of halogens is 1. The Kier molecular flexibility index (Phi) is 6.00. The van der Waals surface area contributed by atoms with Crippen LogP contribution in [0.4, 0.5) is 5.82 Å². The number of hydrogen-bond acceptors (Lipinski definition) is 3. The molecule has 0 radical (unpaired) electrons. The predicted molar refractivity (Wildman–Crippen MR) is 88.8 cm³/mol. The third-order valence-electron chi connectivity index (χ3n) is 3.37. The lowest BCUT2D eigenvalue weighted by atomic mass is 10.1. The van der Waals surface area contributed by atoms with E-state index in [1.54, 1.807) is 0 Å². The summed E-state index contributed by atoms with van der Waals surface area (Å²) in [4.78, 5) is 11.4. The number of aryl methyl sites for hydroxylation is 1. The molecule has 0 unspecified atom stereocenters. The van der Waals surface area contributed by atoms with Gasteiger partial charge < -0.3 is 4.90 Å². The summed E-state index contributed by atoms with van der Waals surface area (Å²) in [6, 6.07) is 10.2. The highest BCUT2D eigenvalue weighted by atomic mass is 35.5. The van der Waals surface area contributed by atoms with E-state index in [1.165, 1.54) is 0 Å². The van der Waals surface area contributed by atoms with E-state index in [4.69, 9.17) is 16.6 Å². The zero-order valence-electron chi connectivity index (χ0n) is 12.7. The maximum absolute atomic E-state index is 6.02. The Hall–Kier alpha value is -1.61. The molecule has 0 atom stereocenters. The molecule has 4 heteroatoms. The molecule has 0 bridgehead atoms. The third kappa shape index (κ3) is 4.43. The molecule has 0 spiro atoms. The number of alkyl halides is 1. The first kappa shape index (κ1) is 15.8. The van der Waals surface area contributed by atoms with E-state index in [0.717, 1.165) is 48.7 Å². The van der Waals surface area contributed by atoms with Crippen LogP contribution in [0.25, 0.3) is 0 Å². The molecule has 0 amide bonds. The van der Waals surface area contributed by atoms with Crippen LogP contribution >= 0.6 is 11.6 Å². The Morgan fingerprint density at radius 2 is 2.00 bits per heavy atom. The minimum absolute atomic E-state index is 0.521. The van der Waals surface area contributed by atoms with Gasteiger partial charge in [-0.3, -0.25) is 4.98 Å². The molecule has 0 fully saturated rings. The monoisotopic (exact) mass is 303 g/mol. The minimum Gasteiger partial charge on any atom is -0.351 e. The van der Waals surface area contributed by atoms with E-state index in [2.05, 4.69) is 35.9 Å². The average molecular weight is 304 g/mol. The molecule has 2 aromatic rings. The highest BCUT2D eigenvalue weighted by molar-refractivity contribution is 6.17. The molecule has 0 aromatic carbocycles. The number of hydrogen-bond donors (Lipinski definition) is 0. The highest BCUT2D eigenvalue weighted by Crippen LogP contribution is 2.19. The first-order valence-electron chi connectivity index (χ1n) is 7.47. The van der Waals surface area contributed by atoms with Crippen molar-refractivity contribution >= 4 is 17.4 Å². The van der Waals surface area contributed by atoms with Crippen molar-refractivity contribution in [3.8, 4) is 0 Å². The van der Waals surface area contributed by atoms with E-state index in [0.29, 0.717) is 5.88 Å². The van der Waals surface area contributed by atoms with Gasteiger partial charge in [0.15, 0.2) is 0 Å². The van der Waals surface area contributed by atoms with Gasteiger partial charge in [-0.25, -0.2) is 4.98 Å². The summed E-state index contributed by atoms with van der Waals surface area (Å²) >= 11 is 6.02. The summed E-state index contributed by atoms with van der Waals surface area (Å²) in [6.45, 7) is 5.96. The fourth-order valence-electron chi connectivity index (χ4n) is 2.30. The van der Waals surface area contributed by atoms with Crippen molar-refractivity contribution in [2.24, 2.45) is 0 Å². The second kappa shape index (κ2) is 7.99. The minimum atomic E-state index is 0.521. The number of rotatable bonds is 7. The molecule has 2 rings (SSSR count). The second-order valence-electron chi connectivity index (χ2n) is 5.04. The van der Waals surface area contributed by atoms with Crippen LogP contribution in [-0.2, 0) is 18.8 Å². The van der Waals surface area contributed by atoms with Crippen LogP contribution < -0.4 is 4.90 Å². The molecule has 0 N–H and O–H groups in total. The van der Waals surface area contributed by atoms with Crippen molar-refractivity contribution in [3.63, 3.8) is 0 Å². The average Bonchev–Trinajstić information content (AvgIpc) is 2.53. The quantitative estimate of drug-likeness (QED) is 0.718. The third-order valence-corrected chi connectivity index (χ3v) is 3.68. The predicted octanol–water partition coefficient (Wildman–Crippen LogP) is 4.19. The van der Waals surface area contributed by atoms with E-state index in [9.17, 15) is 0 Å². The first-order valence-corrected chi connectivity index (χ1v) is 8.01. The summed E-state index contributed by atoms with van der Waals surface area (Å²) in [5.74, 6) is 1.51. The van der Waals surface area contributed by atoms with Gasteiger partial charge in [0.25, 0.3) is 0 Å². The fraction of sp³-hybridized carbons (Fsp3) is 0.412. The van der Waals surface area contributed by atoms with Gasteiger partial charge in [0.05, 0.1) is 12.2 Å². The lowest BCUT2D eigenvalue weighted by molar-refractivity contribution is 0.781. The van der Waals surface area contributed by atoms with Crippen LogP contribution in [0.1, 0.15) is 37.2 Å². The van der Waals surface area contributed by atoms with Gasteiger partial charge in [0, 0.05) is 24.3 Å². The Bertz CT molecular complexity index is 557. The first-order chi connectivity index (χ1) is 10.3. The van der Waals surface area contributed by atoms with Gasteiger partial charge in [-0.2, -0.15) is 0 Å². The molecule has 0 aliphatic carbocycles. The molecule has 0 saturated carbocycles. The summed E-state index contributed by atoms with van der Waals surface area (Å²) < 4.78 is 0. The van der Waals surface area contributed by atoms with Crippen molar-refractivity contribution in [3.05, 3.63) is 53.5 Å². The Balaban J connectivity index is 2.26. The van der Waals surface area contributed by atoms with E-state index in [-0.39, 0.29) is 0 Å². The van der Waals surface area contributed by atoms with Crippen LogP contribution in [0.3, 0.4) is 0 Å². The fourth-order valence-corrected chi connectivity index (χ4v) is 2.45. The van der Waals surface area contributed by atoms with Crippen LogP contribution in [0.15, 0.2) is 36.5 Å². The molecule has 3 nitrogen and oxygen atoms in total. The lowest BCUT2D eigenvalue weighted by Gasteiger charge is -2.23. The Labute approximate surface area is 132 Å². The molecular formula is C17H22ClN3. The van der Waals surface area contributed by atoms with Gasteiger partial charge in [0.2, 0.25) is 0 Å². The number of nitrogens with zero attached hydrogens (tertiary/aromatic N) is 3. The van der Waals surface area contributed by atoms with Gasteiger partial charge >= 0.3 is 0 Å². The van der Waals surface area contributed by atoms with Crippen molar-refractivity contribution < 1.29 is 0 Å². The van der Waals surface area contributed by atoms with Crippen LogP contribution in [0, 0.1) is 0 Å².